The first kappa shape index (κ1) is 13.9. The average Bonchev–Trinajstić information content (AvgIpc) is 2.78. The first-order valence-corrected chi connectivity index (χ1v) is 7.32. The third kappa shape index (κ3) is 3.00. The molecule has 6 heteroatoms. The van der Waals surface area contributed by atoms with Crippen molar-refractivity contribution in [3.63, 3.8) is 0 Å². The minimum Gasteiger partial charge on any atom is -0.369 e. The summed E-state index contributed by atoms with van der Waals surface area (Å²) < 4.78 is 2.09. The second-order valence-electron chi connectivity index (χ2n) is 5.64. The molecule has 1 aliphatic heterocycles. The standard InChI is InChI=1S/C15H21N5O/c1-19-13-5-3-2-4-12(13)18-15(19)17-11-6-8-20(9-7-11)10-14(16)21/h2-5,11H,6-10H2,1H3,(H2,16,21)(H,17,18). The van der Waals surface area contributed by atoms with E-state index < -0.39 is 0 Å². The number of nitrogens with zero attached hydrogens (tertiary/aromatic N) is 3. The van der Waals surface area contributed by atoms with Gasteiger partial charge in [0.15, 0.2) is 0 Å². The number of nitrogens with one attached hydrogen (secondary N) is 1. The summed E-state index contributed by atoms with van der Waals surface area (Å²) in [5.74, 6) is 0.654. The largest absolute Gasteiger partial charge is 0.369 e. The molecule has 0 atom stereocenters. The van der Waals surface area contributed by atoms with Gasteiger partial charge in [-0.25, -0.2) is 4.98 Å². The molecule has 1 saturated heterocycles. The molecule has 1 aromatic carbocycles. The Labute approximate surface area is 123 Å². The molecule has 112 valence electrons. The number of aromatic nitrogens is 2. The van der Waals surface area contributed by atoms with Crippen molar-refractivity contribution in [2.45, 2.75) is 18.9 Å². The molecule has 2 heterocycles. The number of carbonyl (C=O) groups is 1. The first-order chi connectivity index (χ1) is 10.1. The van der Waals surface area contributed by atoms with Gasteiger partial charge in [-0.15, -0.1) is 0 Å². The molecule has 3 N–H and O–H groups in total. The molecule has 0 radical (unpaired) electrons. The van der Waals surface area contributed by atoms with Gasteiger partial charge in [0, 0.05) is 26.2 Å². The highest BCUT2D eigenvalue weighted by Crippen LogP contribution is 2.20. The van der Waals surface area contributed by atoms with E-state index in [2.05, 4.69) is 25.8 Å². The van der Waals surface area contributed by atoms with Crippen LogP contribution in [0.2, 0.25) is 0 Å². The van der Waals surface area contributed by atoms with E-state index in [1.165, 1.54) is 0 Å². The smallest absolute Gasteiger partial charge is 0.231 e. The molecule has 0 aliphatic carbocycles. The van der Waals surface area contributed by atoms with Crippen LogP contribution in [-0.4, -0.2) is 46.0 Å². The number of rotatable bonds is 4. The molecule has 0 bridgehead atoms. The molecule has 1 aromatic heterocycles. The van der Waals surface area contributed by atoms with Crippen molar-refractivity contribution < 1.29 is 4.79 Å². The Hall–Kier alpha value is -2.08. The fraction of sp³-hybridized carbons (Fsp3) is 0.467. The van der Waals surface area contributed by atoms with Crippen molar-refractivity contribution in [3.8, 4) is 0 Å². The van der Waals surface area contributed by atoms with E-state index >= 15 is 0 Å². The van der Waals surface area contributed by atoms with Crippen LogP contribution in [0.3, 0.4) is 0 Å². The molecule has 0 unspecified atom stereocenters. The molecule has 1 fully saturated rings. The number of imidazole rings is 1. The second kappa shape index (κ2) is 5.73. The normalized spacial score (nSPS) is 17.2. The summed E-state index contributed by atoms with van der Waals surface area (Å²) in [6, 6.07) is 8.51. The number of benzene rings is 1. The minimum atomic E-state index is -0.253. The van der Waals surface area contributed by atoms with Crippen molar-refractivity contribution in [1.29, 1.82) is 0 Å². The van der Waals surface area contributed by atoms with Gasteiger partial charge < -0.3 is 15.6 Å². The molecule has 21 heavy (non-hydrogen) atoms. The zero-order chi connectivity index (χ0) is 14.8. The van der Waals surface area contributed by atoms with E-state index in [0.717, 1.165) is 42.9 Å². The van der Waals surface area contributed by atoms with Gasteiger partial charge in [-0.05, 0) is 25.0 Å². The van der Waals surface area contributed by atoms with Gasteiger partial charge >= 0.3 is 0 Å². The van der Waals surface area contributed by atoms with Gasteiger partial charge in [-0.2, -0.15) is 0 Å². The van der Waals surface area contributed by atoms with Crippen molar-refractivity contribution in [2.24, 2.45) is 12.8 Å². The Bertz CT molecular complexity index is 643. The number of hydrogen-bond acceptors (Lipinski definition) is 4. The SMILES string of the molecule is Cn1c(NC2CCN(CC(N)=O)CC2)nc2ccccc21. The molecule has 0 saturated carbocycles. The van der Waals surface area contributed by atoms with Crippen LogP contribution >= 0.6 is 0 Å². The molecule has 6 nitrogen and oxygen atoms in total. The van der Waals surface area contributed by atoms with Gasteiger partial charge in [0.05, 0.1) is 17.6 Å². The molecule has 2 aromatic rings. The number of likely N-dealkylation sites (tertiary alicyclic amines) is 1. The number of anilines is 1. The predicted octanol–water partition coefficient (Wildman–Crippen LogP) is 0.935. The maximum atomic E-state index is 10.9. The highest BCUT2D eigenvalue weighted by molar-refractivity contribution is 5.78. The maximum Gasteiger partial charge on any atom is 0.231 e. The van der Waals surface area contributed by atoms with E-state index in [-0.39, 0.29) is 5.91 Å². The van der Waals surface area contributed by atoms with Crippen LogP contribution < -0.4 is 11.1 Å². The van der Waals surface area contributed by atoms with Crippen molar-refractivity contribution >= 4 is 22.9 Å². The lowest BCUT2D eigenvalue weighted by Crippen LogP contribution is -2.43. The quantitative estimate of drug-likeness (QED) is 0.877. The van der Waals surface area contributed by atoms with Crippen molar-refractivity contribution in [1.82, 2.24) is 14.5 Å². The molecular formula is C15H21N5O. The molecule has 1 aliphatic rings. The summed E-state index contributed by atoms with van der Waals surface area (Å²) in [5, 5.41) is 3.52. The van der Waals surface area contributed by atoms with Gasteiger partial charge in [0.1, 0.15) is 0 Å². The number of fused-ring (bicyclic) bond motifs is 1. The van der Waals surface area contributed by atoms with E-state index in [1.807, 2.05) is 25.2 Å². The van der Waals surface area contributed by atoms with Crippen LogP contribution in [0, 0.1) is 0 Å². The van der Waals surface area contributed by atoms with Crippen molar-refractivity contribution in [3.05, 3.63) is 24.3 Å². The summed E-state index contributed by atoms with van der Waals surface area (Å²) in [5.41, 5.74) is 7.37. The van der Waals surface area contributed by atoms with E-state index in [1.54, 1.807) is 0 Å². The predicted molar refractivity (Wildman–Crippen MR) is 83.0 cm³/mol. The van der Waals surface area contributed by atoms with Crippen LogP contribution in [-0.2, 0) is 11.8 Å². The van der Waals surface area contributed by atoms with Gasteiger partial charge in [0.2, 0.25) is 11.9 Å². The summed E-state index contributed by atoms with van der Waals surface area (Å²) in [6.07, 6.45) is 1.99. The number of hydrogen-bond donors (Lipinski definition) is 2. The Balaban J connectivity index is 1.64. The zero-order valence-corrected chi connectivity index (χ0v) is 12.2. The first-order valence-electron chi connectivity index (χ1n) is 7.32. The lowest BCUT2D eigenvalue weighted by molar-refractivity contribution is -0.119. The van der Waals surface area contributed by atoms with Crippen LogP contribution in [0.25, 0.3) is 11.0 Å². The minimum absolute atomic E-state index is 0.253. The molecule has 1 amide bonds. The summed E-state index contributed by atoms with van der Waals surface area (Å²) in [4.78, 5) is 17.7. The monoisotopic (exact) mass is 287 g/mol. The fourth-order valence-corrected chi connectivity index (χ4v) is 2.91. The van der Waals surface area contributed by atoms with Crippen molar-refractivity contribution in [2.75, 3.05) is 25.0 Å². The summed E-state index contributed by atoms with van der Waals surface area (Å²) in [6.45, 7) is 2.15. The van der Waals surface area contributed by atoms with Crippen LogP contribution in [0.4, 0.5) is 5.95 Å². The summed E-state index contributed by atoms with van der Waals surface area (Å²) >= 11 is 0. The average molecular weight is 287 g/mol. The number of primary amides is 1. The highest BCUT2D eigenvalue weighted by Gasteiger charge is 2.21. The third-order valence-electron chi connectivity index (χ3n) is 4.09. The lowest BCUT2D eigenvalue weighted by atomic mass is 10.1. The third-order valence-corrected chi connectivity index (χ3v) is 4.09. The number of aryl methyl sites for hydroxylation is 1. The Morgan fingerprint density at radius 2 is 2.10 bits per heavy atom. The van der Waals surface area contributed by atoms with Crippen LogP contribution in [0.5, 0.6) is 0 Å². The number of para-hydroxylation sites is 2. The van der Waals surface area contributed by atoms with E-state index in [9.17, 15) is 4.79 Å². The van der Waals surface area contributed by atoms with Crippen LogP contribution in [0.1, 0.15) is 12.8 Å². The Kier molecular flexibility index (Phi) is 3.79. The van der Waals surface area contributed by atoms with E-state index in [0.29, 0.717) is 12.6 Å². The summed E-state index contributed by atoms with van der Waals surface area (Å²) in [7, 11) is 2.03. The van der Waals surface area contributed by atoms with Gasteiger partial charge in [-0.1, -0.05) is 12.1 Å². The zero-order valence-electron chi connectivity index (χ0n) is 12.2. The van der Waals surface area contributed by atoms with E-state index in [4.69, 9.17) is 5.73 Å². The maximum absolute atomic E-state index is 10.9. The second-order valence-corrected chi connectivity index (χ2v) is 5.64. The number of piperidine rings is 1. The fourth-order valence-electron chi connectivity index (χ4n) is 2.91. The topological polar surface area (TPSA) is 76.2 Å². The number of amides is 1. The van der Waals surface area contributed by atoms with Gasteiger partial charge in [0.25, 0.3) is 0 Å². The lowest BCUT2D eigenvalue weighted by Gasteiger charge is -2.31. The number of nitrogens with two attached hydrogens (primary N) is 1. The molecular weight excluding hydrogens is 266 g/mol. The van der Waals surface area contributed by atoms with Gasteiger partial charge in [-0.3, -0.25) is 9.69 Å². The Morgan fingerprint density at radius 3 is 2.76 bits per heavy atom. The Morgan fingerprint density at radius 1 is 1.38 bits per heavy atom. The molecule has 0 spiro atoms. The van der Waals surface area contributed by atoms with Crippen LogP contribution in [0.15, 0.2) is 24.3 Å². The molecule has 3 rings (SSSR count). The number of carbonyl (C=O) groups excluding carboxylic acids is 1. The highest BCUT2D eigenvalue weighted by atomic mass is 16.1.